The Morgan fingerprint density at radius 1 is 1.38 bits per heavy atom. The molecular weight excluding hydrogens is 328 g/mol. The molecule has 0 spiro atoms. The highest BCUT2D eigenvalue weighted by atomic mass is 16.5. The van der Waals surface area contributed by atoms with Crippen LogP contribution < -0.4 is 15.8 Å². The number of hydrogen-bond donors (Lipinski definition) is 3. The number of hydrogen-bond acceptors (Lipinski definition) is 6. The van der Waals surface area contributed by atoms with Crippen LogP contribution in [-0.4, -0.2) is 34.3 Å². The summed E-state index contributed by atoms with van der Waals surface area (Å²) >= 11 is 0. The van der Waals surface area contributed by atoms with E-state index in [1.807, 2.05) is 19.1 Å². The highest BCUT2D eigenvalue weighted by Gasteiger charge is 2.14. The molecule has 1 rings (SSSR count). The molecule has 6 nitrogen and oxygen atoms in total. The maximum Gasteiger partial charge on any atom is 0.222 e. The minimum Gasteiger partial charge on any atom is -0.483 e. The number of rotatable bonds is 12. The summed E-state index contributed by atoms with van der Waals surface area (Å²) < 4.78 is 5.97. The molecule has 0 radical (unpaired) electrons. The molecule has 1 aromatic heterocycles. The third kappa shape index (κ3) is 8.34. The van der Waals surface area contributed by atoms with Crippen LogP contribution >= 0.6 is 0 Å². The second kappa shape index (κ2) is 12.3. The molecule has 0 amide bonds. The molecule has 0 fully saturated rings. The number of nitrogens with two attached hydrogens (primary N) is 1. The van der Waals surface area contributed by atoms with Crippen LogP contribution in [0.15, 0.2) is 30.0 Å². The largest absolute Gasteiger partial charge is 0.483 e. The van der Waals surface area contributed by atoms with Gasteiger partial charge in [0, 0.05) is 12.6 Å². The SMILES string of the molecule is C/C=C\C(=C/C(C)C)COc1cnc(N)nc1NC(CCO)CCCC. The molecule has 0 aliphatic heterocycles. The first-order valence-corrected chi connectivity index (χ1v) is 9.46. The Morgan fingerprint density at radius 2 is 2.15 bits per heavy atom. The van der Waals surface area contributed by atoms with Crippen LogP contribution in [0.2, 0.25) is 0 Å². The van der Waals surface area contributed by atoms with E-state index in [-0.39, 0.29) is 18.6 Å². The number of aromatic nitrogens is 2. The number of unbranched alkanes of at least 4 members (excludes halogenated alkanes) is 1. The summed E-state index contributed by atoms with van der Waals surface area (Å²) in [5, 5.41) is 12.7. The van der Waals surface area contributed by atoms with Gasteiger partial charge in [-0.3, -0.25) is 0 Å². The molecule has 0 aromatic carbocycles. The van der Waals surface area contributed by atoms with Crippen LogP contribution in [0, 0.1) is 5.92 Å². The van der Waals surface area contributed by atoms with E-state index in [1.54, 1.807) is 6.20 Å². The molecule has 0 aliphatic carbocycles. The van der Waals surface area contributed by atoms with E-state index in [1.165, 1.54) is 0 Å². The Labute approximate surface area is 157 Å². The number of aliphatic hydroxyl groups is 1. The standard InChI is InChI=1S/C20H34N4O2/c1-5-7-9-17(10-11-25)23-19-18(13-22-20(21)24-19)26-14-16(8-6-2)12-15(3)4/h6,8,12-13,15,17,25H,5,7,9-11,14H2,1-4H3,(H3,21,22,23,24)/b8-6-,16-12+. The van der Waals surface area contributed by atoms with Crippen molar-refractivity contribution < 1.29 is 9.84 Å². The van der Waals surface area contributed by atoms with Gasteiger partial charge in [0.1, 0.15) is 6.61 Å². The van der Waals surface area contributed by atoms with Crippen molar-refractivity contribution in [1.82, 2.24) is 9.97 Å². The maximum atomic E-state index is 9.31. The zero-order valence-corrected chi connectivity index (χ0v) is 16.5. The molecule has 146 valence electrons. The molecule has 26 heavy (non-hydrogen) atoms. The van der Waals surface area contributed by atoms with Gasteiger partial charge in [-0.05, 0) is 31.3 Å². The first-order valence-electron chi connectivity index (χ1n) is 9.46. The summed E-state index contributed by atoms with van der Waals surface area (Å²) in [6.07, 6.45) is 11.6. The average molecular weight is 363 g/mol. The normalized spacial score (nSPS) is 13.4. The van der Waals surface area contributed by atoms with E-state index >= 15 is 0 Å². The fourth-order valence-electron chi connectivity index (χ4n) is 2.64. The average Bonchev–Trinajstić information content (AvgIpc) is 2.58. The molecular formula is C20H34N4O2. The number of ether oxygens (including phenoxy) is 1. The monoisotopic (exact) mass is 362 g/mol. The molecule has 6 heteroatoms. The summed E-state index contributed by atoms with van der Waals surface area (Å²) in [6, 6.07) is 0.123. The van der Waals surface area contributed by atoms with Crippen LogP contribution in [0.3, 0.4) is 0 Å². The van der Waals surface area contributed by atoms with Gasteiger partial charge in [-0.1, -0.05) is 51.8 Å². The smallest absolute Gasteiger partial charge is 0.222 e. The lowest BCUT2D eigenvalue weighted by molar-refractivity contribution is 0.275. The Hall–Kier alpha value is -2.08. The topological polar surface area (TPSA) is 93.3 Å². The zero-order chi connectivity index (χ0) is 19.4. The molecule has 1 unspecified atom stereocenters. The zero-order valence-electron chi connectivity index (χ0n) is 16.5. The van der Waals surface area contributed by atoms with Gasteiger partial charge < -0.3 is 20.9 Å². The number of allylic oxidation sites excluding steroid dienone is 2. The van der Waals surface area contributed by atoms with Gasteiger partial charge in [0.15, 0.2) is 11.6 Å². The van der Waals surface area contributed by atoms with E-state index in [4.69, 9.17) is 10.5 Å². The molecule has 1 atom stereocenters. The van der Waals surface area contributed by atoms with Gasteiger partial charge in [0.25, 0.3) is 0 Å². The number of anilines is 2. The summed E-state index contributed by atoms with van der Waals surface area (Å²) in [7, 11) is 0. The van der Waals surface area contributed by atoms with Gasteiger partial charge in [0.2, 0.25) is 5.95 Å². The van der Waals surface area contributed by atoms with Crippen molar-refractivity contribution in [1.29, 1.82) is 0 Å². The third-order valence-corrected chi connectivity index (χ3v) is 3.82. The van der Waals surface area contributed by atoms with Crippen molar-refractivity contribution in [2.75, 3.05) is 24.3 Å². The Kier molecular flexibility index (Phi) is 10.4. The molecule has 0 bridgehead atoms. The van der Waals surface area contributed by atoms with Crippen molar-refractivity contribution in [3.8, 4) is 5.75 Å². The lowest BCUT2D eigenvalue weighted by Crippen LogP contribution is -2.22. The maximum absolute atomic E-state index is 9.31. The fraction of sp³-hybridized carbons (Fsp3) is 0.600. The number of aliphatic hydroxyl groups excluding tert-OH is 1. The predicted molar refractivity (Wildman–Crippen MR) is 108 cm³/mol. The molecule has 0 saturated carbocycles. The minimum absolute atomic E-state index is 0.123. The van der Waals surface area contributed by atoms with Crippen molar-refractivity contribution in [3.05, 3.63) is 30.0 Å². The van der Waals surface area contributed by atoms with Crippen LogP contribution in [0.4, 0.5) is 11.8 Å². The summed E-state index contributed by atoms with van der Waals surface area (Å²) in [6.45, 7) is 8.97. The molecule has 4 N–H and O–H groups in total. The second-order valence-corrected chi connectivity index (χ2v) is 6.71. The quantitative estimate of drug-likeness (QED) is 0.488. The van der Waals surface area contributed by atoms with Crippen molar-refractivity contribution in [2.24, 2.45) is 5.92 Å². The Bertz CT molecular complexity index is 585. The molecule has 1 aromatic rings. The van der Waals surface area contributed by atoms with Gasteiger partial charge in [0.05, 0.1) is 6.20 Å². The van der Waals surface area contributed by atoms with E-state index in [9.17, 15) is 5.11 Å². The van der Waals surface area contributed by atoms with E-state index in [2.05, 4.69) is 42.1 Å². The van der Waals surface area contributed by atoms with Crippen molar-refractivity contribution >= 4 is 11.8 Å². The lowest BCUT2D eigenvalue weighted by Gasteiger charge is -2.20. The van der Waals surface area contributed by atoms with Crippen LogP contribution in [0.25, 0.3) is 0 Å². The van der Waals surface area contributed by atoms with Gasteiger partial charge in [-0.2, -0.15) is 4.98 Å². The highest BCUT2D eigenvalue weighted by molar-refractivity contribution is 5.52. The summed E-state index contributed by atoms with van der Waals surface area (Å²) in [5.74, 6) is 1.78. The second-order valence-electron chi connectivity index (χ2n) is 6.71. The Balaban J connectivity index is 2.91. The van der Waals surface area contributed by atoms with Crippen LogP contribution in [-0.2, 0) is 0 Å². The van der Waals surface area contributed by atoms with Gasteiger partial charge >= 0.3 is 0 Å². The minimum atomic E-state index is 0.123. The van der Waals surface area contributed by atoms with Crippen LogP contribution in [0.5, 0.6) is 5.75 Å². The van der Waals surface area contributed by atoms with Crippen molar-refractivity contribution in [3.63, 3.8) is 0 Å². The fourth-order valence-corrected chi connectivity index (χ4v) is 2.64. The lowest BCUT2D eigenvalue weighted by atomic mass is 10.1. The van der Waals surface area contributed by atoms with Gasteiger partial charge in [-0.15, -0.1) is 0 Å². The highest BCUT2D eigenvalue weighted by Crippen LogP contribution is 2.25. The van der Waals surface area contributed by atoms with E-state index in [0.29, 0.717) is 30.5 Å². The Morgan fingerprint density at radius 3 is 2.77 bits per heavy atom. The molecule has 0 saturated heterocycles. The third-order valence-electron chi connectivity index (χ3n) is 3.82. The van der Waals surface area contributed by atoms with Crippen LogP contribution in [0.1, 0.15) is 53.4 Å². The number of nitrogens with one attached hydrogen (secondary N) is 1. The summed E-state index contributed by atoms with van der Waals surface area (Å²) in [4.78, 5) is 8.35. The van der Waals surface area contributed by atoms with E-state index in [0.717, 1.165) is 24.8 Å². The number of nitrogens with zero attached hydrogens (tertiary/aromatic N) is 2. The first-order chi connectivity index (χ1) is 12.5. The summed E-state index contributed by atoms with van der Waals surface area (Å²) in [5.41, 5.74) is 6.86. The van der Waals surface area contributed by atoms with Gasteiger partial charge in [-0.25, -0.2) is 4.98 Å². The van der Waals surface area contributed by atoms with Crippen molar-refractivity contribution in [2.45, 2.75) is 59.4 Å². The first kappa shape index (κ1) is 22.0. The predicted octanol–water partition coefficient (Wildman–Crippen LogP) is 3.95. The van der Waals surface area contributed by atoms with E-state index < -0.39 is 0 Å². The number of nitrogen functional groups attached to an aromatic ring is 1. The molecule has 0 aliphatic rings. The molecule has 1 heterocycles.